The number of benzene rings is 1. The summed E-state index contributed by atoms with van der Waals surface area (Å²) in [6, 6.07) is 13.8. The number of nitrogens with zero attached hydrogens (tertiary/aromatic N) is 1. The molecule has 1 aromatic carbocycles. The monoisotopic (exact) mass is 228 g/mol. The Labute approximate surface area is 101 Å². The van der Waals surface area contributed by atoms with Crippen molar-refractivity contribution in [1.82, 2.24) is 4.98 Å². The van der Waals surface area contributed by atoms with E-state index in [1.807, 2.05) is 49.4 Å². The molecule has 0 bridgehead atoms. The topological polar surface area (TPSA) is 48.1 Å². The molecule has 2 aromatic rings. The number of rotatable bonds is 4. The van der Waals surface area contributed by atoms with Crippen molar-refractivity contribution in [3.63, 3.8) is 0 Å². The quantitative estimate of drug-likeness (QED) is 0.874. The van der Waals surface area contributed by atoms with Gasteiger partial charge in [0.15, 0.2) is 0 Å². The van der Waals surface area contributed by atoms with Crippen LogP contribution >= 0.6 is 0 Å². The second kappa shape index (κ2) is 5.46. The highest BCUT2D eigenvalue weighted by Gasteiger charge is 2.12. The Morgan fingerprint density at radius 1 is 1.18 bits per heavy atom. The zero-order valence-corrected chi connectivity index (χ0v) is 9.84. The smallest absolute Gasteiger partial charge is 0.216 e. The molecule has 0 saturated heterocycles. The zero-order chi connectivity index (χ0) is 12.1. The molecular weight excluding hydrogens is 212 g/mol. The van der Waals surface area contributed by atoms with Gasteiger partial charge >= 0.3 is 0 Å². The number of nitrogens with two attached hydrogens (primary N) is 1. The molecule has 0 fully saturated rings. The van der Waals surface area contributed by atoms with E-state index in [1.165, 1.54) is 0 Å². The summed E-state index contributed by atoms with van der Waals surface area (Å²) >= 11 is 0. The van der Waals surface area contributed by atoms with Crippen molar-refractivity contribution < 1.29 is 4.74 Å². The molecule has 2 N–H and O–H groups in total. The van der Waals surface area contributed by atoms with Crippen LogP contribution in [-0.2, 0) is 0 Å². The lowest BCUT2D eigenvalue weighted by Crippen LogP contribution is -2.19. The van der Waals surface area contributed by atoms with Crippen LogP contribution in [0.25, 0.3) is 0 Å². The molecule has 0 aliphatic carbocycles. The number of ether oxygens (including phenoxy) is 1. The van der Waals surface area contributed by atoms with Crippen LogP contribution in [0.2, 0.25) is 0 Å². The number of hydrogen-bond donors (Lipinski definition) is 1. The van der Waals surface area contributed by atoms with Gasteiger partial charge in [-0.05, 0) is 18.6 Å². The molecule has 2 rings (SSSR count). The summed E-state index contributed by atoms with van der Waals surface area (Å²) in [5.74, 6) is 0.645. The van der Waals surface area contributed by atoms with Crippen molar-refractivity contribution in [3.8, 4) is 5.88 Å². The number of aromatic nitrogens is 1. The first-order valence-corrected chi connectivity index (χ1v) is 5.64. The van der Waals surface area contributed by atoms with Crippen LogP contribution in [0, 0.1) is 6.92 Å². The molecule has 0 aliphatic heterocycles. The zero-order valence-electron chi connectivity index (χ0n) is 9.84. The Hall–Kier alpha value is -1.87. The number of hydrogen-bond acceptors (Lipinski definition) is 3. The number of pyridine rings is 1. The van der Waals surface area contributed by atoms with Gasteiger partial charge < -0.3 is 10.5 Å². The molecule has 1 heterocycles. The molecule has 3 heteroatoms. The SMILES string of the molecule is Cc1cccnc1O[C@H](CN)c1ccccc1. The van der Waals surface area contributed by atoms with Crippen molar-refractivity contribution in [2.24, 2.45) is 5.73 Å². The van der Waals surface area contributed by atoms with E-state index in [1.54, 1.807) is 6.20 Å². The molecule has 1 aromatic heterocycles. The third-order valence-electron chi connectivity index (χ3n) is 2.60. The van der Waals surface area contributed by atoms with E-state index in [2.05, 4.69) is 4.98 Å². The Balaban J connectivity index is 2.19. The van der Waals surface area contributed by atoms with Gasteiger partial charge in [0.1, 0.15) is 6.10 Å². The molecule has 3 nitrogen and oxygen atoms in total. The Bertz CT molecular complexity index is 471. The normalized spacial score (nSPS) is 12.1. The molecule has 0 radical (unpaired) electrons. The minimum Gasteiger partial charge on any atom is -0.468 e. The standard InChI is InChI=1S/C14H16N2O/c1-11-6-5-9-16-14(11)17-13(10-15)12-7-3-2-4-8-12/h2-9,13H,10,15H2,1H3/t13-/m1/s1. The average Bonchev–Trinajstić information content (AvgIpc) is 2.39. The molecule has 0 aliphatic rings. The Morgan fingerprint density at radius 3 is 2.59 bits per heavy atom. The molecule has 0 spiro atoms. The summed E-state index contributed by atoms with van der Waals surface area (Å²) in [5.41, 5.74) is 7.84. The van der Waals surface area contributed by atoms with Crippen LogP contribution in [0.5, 0.6) is 5.88 Å². The van der Waals surface area contributed by atoms with Gasteiger partial charge in [0.05, 0.1) is 0 Å². The van der Waals surface area contributed by atoms with Crippen LogP contribution in [-0.4, -0.2) is 11.5 Å². The van der Waals surface area contributed by atoms with Gasteiger partial charge in [-0.1, -0.05) is 36.4 Å². The van der Waals surface area contributed by atoms with Crippen LogP contribution in [0.15, 0.2) is 48.7 Å². The Morgan fingerprint density at radius 2 is 1.94 bits per heavy atom. The van der Waals surface area contributed by atoms with Crippen LogP contribution in [0.3, 0.4) is 0 Å². The third-order valence-corrected chi connectivity index (χ3v) is 2.60. The summed E-state index contributed by atoms with van der Waals surface area (Å²) in [6.45, 7) is 2.40. The van der Waals surface area contributed by atoms with E-state index >= 15 is 0 Å². The molecule has 0 unspecified atom stereocenters. The lowest BCUT2D eigenvalue weighted by atomic mass is 10.1. The van der Waals surface area contributed by atoms with E-state index in [0.29, 0.717) is 12.4 Å². The molecule has 0 saturated carbocycles. The number of aryl methyl sites for hydroxylation is 1. The van der Waals surface area contributed by atoms with Gasteiger partial charge in [-0.25, -0.2) is 4.98 Å². The highest BCUT2D eigenvalue weighted by atomic mass is 16.5. The van der Waals surface area contributed by atoms with Gasteiger partial charge in [-0.15, -0.1) is 0 Å². The maximum atomic E-state index is 5.84. The van der Waals surface area contributed by atoms with E-state index in [4.69, 9.17) is 10.5 Å². The lowest BCUT2D eigenvalue weighted by molar-refractivity contribution is 0.204. The van der Waals surface area contributed by atoms with Gasteiger partial charge in [0.2, 0.25) is 5.88 Å². The average molecular weight is 228 g/mol. The van der Waals surface area contributed by atoms with Crippen LogP contribution < -0.4 is 10.5 Å². The summed E-state index contributed by atoms with van der Waals surface area (Å²) in [6.07, 6.45) is 1.57. The fraction of sp³-hybridized carbons (Fsp3) is 0.214. The van der Waals surface area contributed by atoms with Gasteiger partial charge in [-0.2, -0.15) is 0 Å². The van der Waals surface area contributed by atoms with Crippen molar-refractivity contribution in [3.05, 3.63) is 59.8 Å². The van der Waals surface area contributed by atoms with Crippen molar-refractivity contribution in [2.45, 2.75) is 13.0 Å². The fourth-order valence-corrected chi connectivity index (χ4v) is 1.65. The van der Waals surface area contributed by atoms with Crippen molar-refractivity contribution in [2.75, 3.05) is 6.54 Å². The maximum absolute atomic E-state index is 5.84. The van der Waals surface area contributed by atoms with E-state index in [0.717, 1.165) is 11.1 Å². The van der Waals surface area contributed by atoms with Crippen molar-refractivity contribution >= 4 is 0 Å². The summed E-state index contributed by atoms with van der Waals surface area (Å²) in [5, 5.41) is 0. The van der Waals surface area contributed by atoms with Crippen molar-refractivity contribution in [1.29, 1.82) is 0 Å². The first-order chi connectivity index (χ1) is 8.31. The second-order valence-corrected chi connectivity index (χ2v) is 3.88. The fourth-order valence-electron chi connectivity index (χ4n) is 1.65. The summed E-state index contributed by atoms with van der Waals surface area (Å²) in [4.78, 5) is 4.21. The molecular formula is C14H16N2O. The van der Waals surface area contributed by atoms with E-state index in [9.17, 15) is 0 Å². The minimum atomic E-state index is -0.148. The lowest BCUT2D eigenvalue weighted by Gasteiger charge is -2.18. The second-order valence-electron chi connectivity index (χ2n) is 3.88. The maximum Gasteiger partial charge on any atom is 0.216 e. The van der Waals surface area contributed by atoms with Gasteiger partial charge in [-0.3, -0.25) is 0 Å². The van der Waals surface area contributed by atoms with Crippen LogP contribution in [0.1, 0.15) is 17.2 Å². The van der Waals surface area contributed by atoms with Gasteiger partial charge in [0.25, 0.3) is 0 Å². The molecule has 88 valence electrons. The minimum absolute atomic E-state index is 0.148. The highest BCUT2D eigenvalue weighted by molar-refractivity contribution is 5.25. The highest BCUT2D eigenvalue weighted by Crippen LogP contribution is 2.21. The Kier molecular flexibility index (Phi) is 3.73. The predicted molar refractivity (Wildman–Crippen MR) is 67.8 cm³/mol. The van der Waals surface area contributed by atoms with E-state index in [-0.39, 0.29) is 6.10 Å². The first kappa shape index (κ1) is 11.6. The van der Waals surface area contributed by atoms with E-state index < -0.39 is 0 Å². The van der Waals surface area contributed by atoms with Crippen LogP contribution in [0.4, 0.5) is 0 Å². The first-order valence-electron chi connectivity index (χ1n) is 5.64. The molecule has 0 amide bonds. The molecule has 17 heavy (non-hydrogen) atoms. The summed E-state index contributed by atoms with van der Waals surface area (Å²) < 4.78 is 5.84. The largest absolute Gasteiger partial charge is 0.468 e. The predicted octanol–water partition coefficient (Wildman–Crippen LogP) is 2.47. The summed E-state index contributed by atoms with van der Waals surface area (Å²) in [7, 11) is 0. The molecule has 1 atom stereocenters. The third kappa shape index (κ3) is 2.82. The van der Waals surface area contributed by atoms with Gasteiger partial charge in [0, 0.05) is 18.3 Å².